The van der Waals surface area contributed by atoms with Crippen molar-refractivity contribution in [1.82, 2.24) is 5.32 Å². The van der Waals surface area contributed by atoms with Gasteiger partial charge in [0, 0.05) is 11.7 Å². The van der Waals surface area contributed by atoms with E-state index in [9.17, 15) is 0 Å². The normalized spacial score (nSPS) is 11.9. The average Bonchev–Trinajstić information content (AvgIpc) is 1.63. The zero-order valence-corrected chi connectivity index (χ0v) is 6.31. The van der Waals surface area contributed by atoms with Crippen molar-refractivity contribution in [2.75, 3.05) is 0 Å². The maximum atomic E-state index is 3.78. The monoisotopic (exact) mass is 126 g/mol. The van der Waals surface area contributed by atoms with Crippen LogP contribution in [0.4, 0.5) is 0 Å². The molecule has 0 saturated heterocycles. The van der Waals surface area contributed by atoms with E-state index in [0.29, 0.717) is 0 Å². The number of aliphatic imine (C=N–C) groups is 1. The minimum atomic E-state index is 0.104. The Labute approximate surface area is 56.7 Å². The molecule has 0 bridgehead atoms. The highest BCUT2D eigenvalue weighted by Gasteiger charge is 2.03. The van der Waals surface area contributed by atoms with Gasteiger partial charge in [-0.3, -0.25) is 0 Å². The molecule has 1 N–H and O–H groups in total. The van der Waals surface area contributed by atoms with Crippen LogP contribution in [0, 0.1) is 0 Å². The van der Waals surface area contributed by atoms with Crippen LogP contribution in [0.1, 0.15) is 20.8 Å². The number of hydrogen-bond donors (Lipinski definition) is 1. The standard InChI is InChI=1S/C7H14N2/c1-5-8-6-9-7(2,3)4/h5-6H,1H2,2-4H3,(H,8,9). The van der Waals surface area contributed by atoms with Crippen molar-refractivity contribution in [3.63, 3.8) is 0 Å². The number of nitrogens with one attached hydrogen (secondary N) is 1. The summed E-state index contributed by atoms with van der Waals surface area (Å²) in [5.41, 5.74) is 0.104. The summed E-state index contributed by atoms with van der Waals surface area (Å²) in [6.07, 6.45) is 3.14. The number of rotatable bonds is 2. The lowest BCUT2D eigenvalue weighted by atomic mass is 10.1. The van der Waals surface area contributed by atoms with Gasteiger partial charge in [0.25, 0.3) is 0 Å². The molecule has 0 heterocycles. The lowest BCUT2D eigenvalue weighted by molar-refractivity contribution is 0.517. The molecule has 0 spiro atoms. The number of nitrogens with zero attached hydrogens (tertiary/aromatic N) is 1. The quantitative estimate of drug-likeness (QED) is 0.440. The van der Waals surface area contributed by atoms with Crippen LogP contribution in [0.25, 0.3) is 0 Å². The van der Waals surface area contributed by atoms with E-state index in [0.717, 1.165) is 0 Å². The smallest absolute Gasteiger partial charge is 0.0882 e. The fourth-order valence-corrected chi connectivity index (χ4v) is 0.284. The van der Waals surface area contributed by atoms with E-state index >= 15 is 0 Å². The molecular formula is C7H14N2. The van der Waals surface area contributed by atoms with Gasteiger partial charge in [-0.1, -0.05) is 6.58 Å². The summed E-state index contributed by atoms with van der Waals surface area (Å²) in [5, 5.41) is 3.06. The molecular weight excluding hydrogens is 112 g/mol. The maximum Gasteiger partial charge on any atom is 0.0882 e. The molecule has 0 aromatic carbocycles. The Bertz CT molecular complexity index is 109. The highest BCUT2D eigenvalue weighted by atomic mass is 15.0. The van der Waals surface area contributed by atoms with E-state index in [-0.39, 0.29) is 5.54 Å². The molecule has 2 nitrogen and oxygen atoms in total. The zero-order valence-electron chi connectivity index (χ0n) is 6.31. The molecule has 0 aromatic rings. The molecule has 0 amide bonds. The summed E-state index contributed by atoms with van der Waals surface area (Å²) in [4.78, 5) is 3.78. The Morgan fingerprint density at radius 1 is 1.44 bits per heavy atom. The van der Waals surface area contributed by atoms with Crippen molar-refractivity contribution in [3.8, 4) is 0 Å². The van der Waals surface area contributed by atoms with Gasteiger partial charge < -0.3 is 5.32 Å². The molecule has 0 aliphatic rings. The Balaban J connectivity index is 3.50. The van der Waals surface area contributed by atoms with Crippen molar-refractivity contribution in [2.24, 2.45) is 4.99 Å². The minimum Gasteiger partial charge on any atom is -0.371 e. The third-order valence-corrected chi connectivity index (χ3v) is 0.678. The molecule has 2 heteroatoms. The van der Waals surface area contributed by atoms with Crippen LogP contribution in [-0.2, 0) is 0 Å². The second-order valence-corrected chi connectivity index (χ2v) is 2.86. The predicted molar refractivity (Wildman–Crippen MR) is 41.6 cm³/mol. The SMILES string of the molecule is C=C/N=C\NC(C)(C)C. The van der Waals surface area contributed by atoms with Crippen molar-refractivity contribution < 1.29 is 0 Å². The Morgan fingerprint density at radius 2 is 2.00 bits per heavy atom. The summed E-state index contributed by atoms with van der Waals surface area (Å²) >= 11 is 0. The van der Waals surface area contributed by atoms with Gasteiger partial charge in [0.05, 0.1) is 6.34 Å². The van der Waals surface area contributed by atoms with E-state index in [1.54, 1.807) is 6.34 Å². The van der Waals surface area contributed by atoms with Gasteiger partial charge >= 0.3 is 0 Å². The molecule has 0 saturated carbocycles. The van der Waals surface area contributed by atoms with Gasteiger partial charge in [-0.05, 0) is 20.8 Å². The molecule has 0 aromatic heterocycles. The Kier molecular flexibility index (Phi) is 2.99. The highest BCUT2D eigenvalue weighted by Crippen LogP contribution is 1.95. The fourth-order valence-electron chi connectivity index (χ4n) is 0.284. The molecule has 9 heavy (non-hydrogen) atoms. The average molecular weight is 126 g/mol. The van der Waals surface area contributed by atoms with E-state index < -0.39 is 0 Å². The van der Waals surface area contributed by atoms with E-state index in [1.807, 2.05) is 0 Å². The molecule has 0 aliphatic heterocycles. The second kappa shape index (κ2) is 3.28. The molecule has 0 fully saturated rings. The van der Waals surface area contributed by atoms with Crippen molar-refractivity contribution in [1.29, 1.82) is 0 Å². The van der Waals surface area contributed by atoms with Gasteiger partial charge in [0.15, 0.2) is 0 Å². The van der Waals surface area contributed by atoms with Crippen LogP contribution < -0.4 is 5.32 Å². The van der Waals surface area contributed by atoms with Crippen LogP contribution >= 0.6 is 0 Å². The van der Waals surface area contributed by atoms with E-state index in [4.69, 9.17) is 0 Å². The van der Waals surface area contributed by atoms with Gasteiger partial charge in [-0.2, -0.15) is 0 Å². The van der Waals surface area contributed by atoms with Crippen LogP contribution in [0.2, 0.25) is 0 Å². The third-order valence-electron chi connectivity index (χ3n) is 0.678. The van der Waals surface area contributed by atoms with Crippen LogP contribution in [0.3, 0.4) is 0 Å². The second-order valence-electron chi connectivity index (χ2n) is 2.86. The summed E-state index contributed by atoms with van der Waals surface area (Å²) in [5.74, 6) is 0. The third kappa shape index (κ3) is 7.21. The van der Waals surface area contributed by atoms with Crippen LogP contribution in [-0.4, -0.2) is 11.9 Å². The van der Waals surface area contributed by atoms with Crippen LogP contribution in [0.15, 0.2) is 17.8 Å². The highest BCUT2D eigenvalue weighted by molar-refractivity contribution is 5.56. The van der Waals surface area contributed by atoms with E-state index in [2.05, 4.69) is 37.7 Å². The summed E-state index contributed by atoms with van der Waals surface area (Å²) in [7, 11) is 0. The molecule has 0 radical (unpaired) electrons. The largest absolute Gasteiger partial charge is 0.371 e. The molecule has 0 aliphatic carbocycles. The van der Waals surface area contributed by atoms with Crippen molar-refractivity contribution in [2.45, 2.75) is 26.3 Å². The summed E-state index contributed by atoms with van der Waals surface area (Å²) < 4.78 is 0. The Hall–Kier alpha value is -0.790. The predicted octanol–water partition coefficient (Wildman–Crippen LogP) is 1.55. The first-order valence-electron chi connectivity index (χ1n) is 2.96. The van der Waals surface area contributed by atoms with Gasteiger partial charge in [-0.15, -0.1) is 0 Å². The maximum absolute atomic E-state index is 3.78. The van der Waals surface area contributed by atoms with E-state index in [1.165, 1.54) is 6.20 Å². The first-order valence-corrected chi connectivity index (χ1v) is 2.96. The number of hydrogen-bond acceptors (Lipinski definition) is 1. The molecule has 0 atom stereocenters. The first kappa shape index (κ1) is 8.21. The van der Waals surface area contributed by atoms with Gasteiger partial charge in [0.1, 0.15) is 0 Å². The first-order chi connectivity index (χ1) is 4.06. The fraction of sp³-hybridized carbons (Fsp3) is 0.571. The zero-order chi connectivity index (χ0) is 7.33. The minimum absolute atomic E-state index is 0.104. The van der Waals surface area contributed by atoms with Crippen molar-refractivity contribution in [3.05, 3.63) is 12.8 Å². The van der Waals surface area contributed by atoms with Gasteiger partial charge in [-0.25, -0.2) is 4.99 Å². The summed E-state index contributed by atoms with van der Waals surface area (Å²) in [6.45, 7) is 9.66. The Morgan fingerprint density at radius 3 is 2.33 bits per heavy atom. The van der Waals surface area contributed by atoms with Crippen LogP contribution in [0.5, 0.6) is 0 Å². The molecule has 0 rings (SSSR count). The van der Waals surface area contributed by atoms with Crippen molar-refractivity contribution >= 4 is 6.34 Å². The molecule has 0 unspecified atom stereocenters. The topological polar surface area (TPSA) is 24.4 Å². The summed E-state index contributed by atoms with van der Waals surface area (Å²) in [6, 6.07) is 0. The lowest BCUT2D eigenvalue weighted by Gasteiger charge is -2.17. The lowest BCUT2D eigenvalue weighted by Crippen LogP contribution is -2.34. The molecule has 52 valence electrons. The van der Waals surface area contributed by atoms with Gasteiger partial charge in [0.2, 0.25) is 0 Å².